The van der Waals surface area contributed by atoms with E-state index in [9.17, 15) is 4.79 Å². The van der Waals surface area contributed by atoms with Crippen molar-refractivity contribution in [2.75, 3.05) is 20.7 Å². The van der Waals surface area contributed by atoms with E-state index >= 15 is 0 Å². The molecule has 0 aromatic rings. The van der Waals surface area contributed by atoms with Gasteiger partial charge in [0.25, 0.3) is 0 Å². The lowest BCUT2D eigenvalue weighted by Gasteiger charge is -2.54. The molecule has 0 amide bonds. The van der Waals surface area contributed by atoms with Crippen LogP contribution in [-0.4, -0.2) is 43.2 Å². The number of hydrogen-bond acceptors (Lipinski definition) is 4. The maximum absolute atomic E-state index is 12.3. The molecule has 0 aliphatic heterocycles. The Labute approximate surface area is 123 Å². The molecule has 0 aromatic carbocycles. The minimum Gasteiger partial charge on any atom is -0.465 e. The summed E-state index contributed by atoms with van der Waals surface area (Å²) >= 11 is 0. The van der Waals surface area contributed by atoms with Gasteiger partial charge in [-0.3, -0.25) is 4.79 Å². The molecule has 4 nitrogen and oxygen atoms in total. The number of hydrogen-bond donors (Lipinski definition) is 1. The van der Waals surface area contributed by atoms with Crippen molar-refractivity contribution in [1.82, 2.24) is 4.90 Å². The van der Waals surface area contributed by atoms with Crippen molar-refractivity contribution in [1.29, 1.82) is 0 Å². The highest BCUT2D eigenvalue weighted by Crippen LogP contribution is 2.71. The zero-order valence-electron chi connectivity index (χ0n) is 13.8. The Morgan fingerprint density at radius 1 is 1.40 bits per heavy atom. The Bertz CT molecular complexity index is 407. The highest BCUT2D eigenvalue weighted by Gasteiger charge is 2.72. The highest BCUT2D eigenvalue weighted by atomic mass is 16.5. The molecule has 0 heterocycles. The zero-order chi connectivity index (χ0) is 15.3. The molecule has 0 spiro atoms. The van der Waals surface area contributed by atoms with Gasteiger partial charge in [0.2, 0.25) is 0 Å². The molecule has 2 N–H and O–H groups in total. The number of nitrogens with two attached hydrogens (primary N) is 1. The lowest BCUT2D eigenvalue weighted by molar-refractivity contribution is -0.153. The van der Waals surface area contributed by atoms with Crippen molar-refractivity contribution < 1.29 is 9.53 Å². The van der Waals surface area contributed by atoms with Crippen LogP contribution in [0.25, 0.3) is 0 Å². The van der Waals surface area contributed by atoms with Crippen LogP contribution in [0.2, 0.25) is 0 Å². The van der Waals surface area contributed by atoms with Crippen LogP contribution in [-0.2, 0) is 9.53 Å². The number of fused-ring (bicyclic) bond motifs is 2. The van der Waals surface area contributed by atoms with Gasteiger partial charge in [-0.2, -0.15) is 0 Å². The maximum Gasteiger partial charge on any atom is 0.324 e. The second-order valence-corrected chi connectivity index (χ2v) is 7.54. The third-order valence-corrected chi connectivity index (χ3v) is 6.80. The summed E-state index contributed by atoms with van der Waals surface area (Å²) in [5, 5.41) is 0. The van der Waals surface area contributed by atoms with Gasteiger partial charge in [-0.15, -0.1) is 0 Å². The molecule has 0 radical (unpaired) electrons. The Balaban J connectivity index is 2.46. The van der Waals surface area contributed by atoms with Gasteiger partial charge in [-0.25, -0.2) is 0 Å². The summed E-state index contributed by atoms with van der Waals surface area (Å²) < 4.78 is 5.22. The van der Waals surface area contributed by atoms with Crippen molar-refractivity contribution in [3.63, 3.8) is 0 Å². The van der Waals surface area contributed by atoms with Gasteiger partial charge < -0.3 is 15.4 Å². The SMILES string of the molecule is CCOC(=O)[C@H](N)[C@]1(N(C)C)C[C@@H]2CC[C@]1(C)C2(C)C. The van der Waals surface area contributed by atoms with E-state index in [0.29, 0.717) is 12.5 Å². The summed E-state index contributed by atoms with van der Waals surface area (Å²) in [6.07, 6.45) is 3.37. The topological polar surface area (TPSA) is 55.6 Å². The first-order valence-electron chi connectivity index (χ1n) is 7.75. The molecule has 2 aliphatic rings. The minimum absolute atomic E-state index is 0.0420. The standard InChI is InChI=1S/C16H30N2O2/c1-7-20-13(19)12(17)16(18(5)6)10-11-8-9-15(16,4)14(11,2)3/h11-12H,7-10,17H2,1-6H3/t11-,12-,15+,16+/m0/s1. The molecule has 0 aromatic heterocycles. The minimum atomic E-state index is -0.577. The third kappa shape index (κ3) is 1.64. The van der Waals surface area contributed by atoms with Crippen LogP contribution in [0.3, 0.4) is 0 Å². The van der Waals surface area contributed by atoms with Crippen LogP contribution in [0, 0.1) is 16.7 Å². The number of esters is 1. The molecule has 2 saturated carbocycles. The Morgan fingerprint density at radius 3 is 2.35 bits per heavy atom. The lowest BCUT2D eigenvalue weighted by Crippen LogP contribution is -2.68. The molecule has 20 heavy (non-hydrogen) atoms. The number of carbonyl (C=O) groups excluding carboxylic acids is 1. The summed E-state index contributed by atoms with van der Waals surface area (Å²) in [5.41, 5.74) is 6.37. The van der Waals surface area contributed by atoms with E-state index < -0.39 is 6.04 Å². The second-order valence-electron chi connectivity index (χ2n) is 7.54. The van der Waals surface area contributed by atoms with Crippen LogP contribution in [0.5, 0.6) is 0 Å². The monoisotopic (exact) mass is 282 g/mol. The zero-order valence-corrected chi connectivity index (χ0v) is 13.8. The number of rotatable bonds is 4. The summed E-state index contributed by atoms with van der Waals surface area (Å²) in [6, 6.07) is -0.577. The largest absolute Gasteiger partial charge is 0.465 e. The first kappa shape index (κ1) is 15.8. The molecule has 2 fully saturated rings. The molecule has 0 unspecified atom stereocenters. The third-order valence-electron chi connectivity index (χ3n) is 6.80. The molecular weight excluding hydrogens is 252 g/mol. The Hall–Kier alpha value is -0.610. The van der Waals surface area contributed by atoms with Gasteiger partial charge in [0, 0.05) is 0 Å². The fourth-order valence-corrected chi connectivity index (χ4v) is 5.18. The van der Waals surface area contributed by atoms with Crippen molar-refractivity contribution in [2.24, 2.45) is 22.5 Å². The maximum atomic E-state index is 12.3. The fraction of sp³-hybridized carbons (Fsp3) is 0.938. The van der Waals surface area contributed by atoms with Gasteiger partial charge in [0.1, 0.15) is 6.04 Å². The van der Waals surface area contributed by atoms with E-state index in [-0.39, 0.29) is 22.3 Å². The fourth-order valence-electron chi connectivity index (χ4n) is 5.18. The summed E-state index contributed by atoms with van der Waals surface area (Å²) in [4.78, 5) is 14.5. The van der Waals surface area contributed by atoms with Crippen molar-refractivity contribution in [3.05, 3.63) is 0 Å². The van der Waals surface area contributed by atoms with E-state index in [1.165, 1.54) is 6.42 Å². The van der Waals surface area contributed by atoms with E-state index in [4.69, 9.17) is 10.5 Å². The van der Waals surface area contributed by atoms with Crippen LogP contribution < -0.4 is 5.73 Å². The van der Waals surface area contributed by atoms with Gasteiger partial charge in [0.15, 0.2) is 0 Å². The van der Waals surface area contributed by atoms with Crippen molar-refractivity contribution in [3.8, 4) is 0 Å². The quantitative estimate of drug-likeness (QED) is 0.802. The highest BCUT2D eigenvalue weighted by molar-refractivity contribution is 5.78. The smallest absolute Gasteiger partial charge is 0.324 e. The normalized spacial score (nSPS) is 40.1. The lowest BCUT2D eigenvalue weighted by atomic mass is 9.59. The predicted octanol–water partition coefficient (Wildman–Crippen LogP) is 2.02. The van der Waals surface area contributed by atoms with E-state index in [1.807, 2.05) is 6.92 Å². The van der Waals surface area contributed by atoms with Gasteiger partial charge in [-0.05, 0) is 57.0 Å². The first-order chi connectivity index (χ1) is 9.15. The molecule has 0 saturated heterocycles. The van der Waals surface area contributed by atoms with Gasteiger partial charge in [0.05, 0.1) is 12.1 Å². The van der Waals surface area contributed by atoms with Crippen molar-refractivity contribution >= 4 is 5.97 Å². The van der Waals surface area contributed by atoms with Crippen LogP contribution in [0.1, 0.15) is 47.0 Å². The average molecular weight is 282 g/mol. The number of ether oxygens (including phenoxy) is 1. The Morgan fingerprint density at radius 2 is 2.00 bits per heavy atom. The molecule has 2 bridgehead atoms. The first-order valence-corrected chi connectivity index (χ1v) is 7.75. The van der Waals surface area contributed by atoms with Gasteiger partial charge >= 0.3 is 5.97 Å². The number of nitrogens with zero attached hydrogens (tertiary/aromatic N) is 1. The number of carbonyl (C=O) groups is 1. The summed E-state index contributed by atoms with van der Waals surface area (Å²) in [5.74, 6) is 0.376. The van der Waals surface area contributed by atoms with E-state index in [2.05, 4.69) is 39.8 Å². The second kappa shape index (κ2) is 4.70. The molecular formula is C16H30N2O2. The molecule has 2 rings (SSSR count). The average Bonchev–Trinajstić information content (AvgIpc) is 2.69. The molecule has 116 valence electrons. The van der Waals surface area contributed by atoms with Gasteiger partial charge in [-0.1, -0.05) is 20.8 Å². The molecule has 4 heteroatoms. The molecule has 2 aliphatic carbocycles. The predicted molar refractivity (Wildman–Crippen MR) is 80.3 cm³/mol. The molecule has 4 atom stereocenters. The Kier molecular flexibility index (Phi) is 3.71. The van der Waals surface area contributed by atoms with Crippen molar-refractivity contribution in [2.45, 2.75) is 58.5 Å². The summed E-state index contributed by atoms with van der Waals surface area (Å²) in [7, 11) is 4.11. The summed E-state index contributed by atoms with van der Waals surface area (Å²) in [6.45, 7) is 9.22. The van der Waals surface area contributed by atoms with E-state index in [0.717, 1.165) is 12.8 Å². The number of likely N-dealkylation sites (N-methyl/N-ethyl adjacent to an activating group) is 1. The van der Waals surface area contributed by atoms with Crippen LogP contribution in [0.15, 0.2) is 0 Å². The van der Waals surface area contributed by atoms with Crippen LogP contribution >= 0.6 is 0 Å². The van der Waals surface area contributed by atoms with E-state index in [1.54, 1.807) is 0 Å². The van der Waals surface area contributed by atoms with Crippen LogP contribution in [0.4, 0.5) is 0 Å².